The summed E-state index contributed by atoms with van der Waals surface area (Å²) in [4.78, 5) is 14.9. The third-order valence-electron chi connectivity index (χ3n) is 5.84. The van der Waals surface area contributed by atoms with Gasteiger partial charge in [0.05, 0.1) is 5.54 Å². The molecular formula is C20H31N3O. The lowest BCUT2D eigenvalue weighted by molar-refractivity contribution is -0.126. The van der Waals surface area contributed by atoms with Crippen LogP contribution in [0.15, 0.2) is 24.3 Å². The topological polar surface area (TPSA) is 44.4 Å². The molecule has 0 bridgehead atoms. The standard InChI is InChI=1S/C20H31N3O/c1-20(2,21-3)19(24)22-13-15-7-6-10-23(14-15)18-11-16-8-4-5-9-17(16)12-18/h4-5,8-9,15,18,21H,6-7,10-14H2,1-3H3,(H,22,24). The number of nitrogens with zero attached hydrogens (tertiary/aromatic N) is 1. The zero-order valence-corrected chi connectivity index (χ0v) is 15.3. The van der Waals surface area contributed by atoms with E-state index >= 15 is 0 Å². The fraction of sp³-hybridized carbons (Fsp3) is 0.650. The highest BCUT2D eigenvalue weighted by molar-refractivity contribution is 5.85. The van der Waals surface area contributed by atoms with E-state index in [1.165, 1.54) is 43.4 Å². The first kappa shape index (κ1) is 17.4. The molecule has 3 rings (SSSR count). The highest BCUT2D eigenvalue weighted by atomic mass is 16.2. The first-order chi connectivity index (χ1) is 11.5. The molecule has 24 heavy (non-hydrogen) atoms. The molecule has 0 radical (unpaired) electrons. The van der Waals surface area contributed by atoms with Crippen LogP contribution < -0.4 is 10.6 Å². The molecule has 1 heterocycles. The minimum absolute atomic E-state index is 0.0930. The van der Waals surface area contributed by atoms with Crippen LogP contribution >= 0.6 is 0 Å². The van der Waals surface area contributed by atoms with E-state index in [2.05, 4.69) is 39.8 Å². The van der Waals surface area contributed by atoms with E-state index in [1.807, 2.05) is 20.9 Å². The zero-order chi connectivity index (χ0) is 17.2. The fourth-order valence-corrected chi connectivity index (χ4v) is 3.96. The van der Waals surface area contributed by atoms with Gasteiger partial charge in [-0.25, -0.2) is 0 Å². The lowest BCUT2D eigenvalue weighted by atomic mass is 9.95. The Morgan fingerprint density at radius 2 is 1.92 bits per heavy atom. The summed E-state index contributed by atoms with van der Waals surface area (Å²) in [7, 11) is 1.83. The van der Waals surface area contributed by atoms with Crippen LogP contribution in [0.3, 0.4) is 0 Å². The maximum atomic E-state index is 12.2. The van der Waals surface area contributed by atoms with Crippen LogP contribution in [-0.4, -0.2) is 49.1 Å². The van der Waals surface area contributed by atoms with Gasteiger partial charge in [0.2, 0.25) is 5.91 Å². The number of likely N-dealkylation sites (tertiary alicyclic amines) is 1. The van der Waals surface area contributed by atoms with Gasteiger partial charge in [-0.15, -0.1) is 0 Å². The number of rotatable bonds is 5. The molecule has 1 atom stereocenters. The summed E-state index contributed by atoms with van der Waals surface area (Å²) in [5, 5.41) is 6.21. The van der Waals surface area contributed by atoms with Crippen LogP contribution in [0.25, 0.3) is 0 Å². The van der Waals surface area contributed by atoms with Crippen molar-refractivity contribution < 1.29 is 4.79 Å². The third kappa shape index (κ3) is 3.81. The van der Waals surface area contributed by atoms with E-state index < -0.39 is 5.54 Å². The Bertz CT molecular complexity index is 559. The number of amides is 1. The summed E-state index contributed by atoms with van der Waals surface area (Å²) >= 11 is 0. The fourth-order valence-electron chi connectivity index (χ4n) is 3.96. The van der Waals surface area contributed by atoms with Gasteiger partial charge in [-0.2, -0.15) is 0 Å². The Morgan fingerprint density at radius 1 is 1.25 bits per heavy atom. The Morgan fingerprint density at radius 3 is 2.54 bits per heavy atom. The summed E-state index contributed by atoms with van der Waals surface area (Å²) < 4.78 is 0. The van der Waals surface area contributed by atoms with Gasteiger partial charge in [0.15, 0.2) is 0 Å². The molecule has 0 spiro atoms. The molecule has 0 aromatic heterocycles. The molecule has 1 aliphatic heterocycles. The summed E-state index contributed by atoms with van der Waals surface area (Å²) in [6.45, 7) is 6.95. The Hall–Kier alpha value is -1.39. The quantitative estimate of drug-likeness (QED) is 0.868. The molecule has 2 N–H and O–H groups in total. The number of hydrogen-bond acceptors (Lipinski definition) is 3. The van der Waals surface area contributed by atoms with Crippen molar-refractivity contribution in [2.45, 2.75) is 51.1 Å². The molecule has 4 heteroatoms. The zero-order valence-electron chi connectivity index (χ0n) is 15.3. The maximum Gasteiger partial charge on any atom is 0.239 e. The van der Waals surface area contributed by atoms with Gasteiger partial charge >= 0.3 is 0 Å². The summed E-state index contributed by atoms with van der Waals surface area (Å²) in [5.41, 5.74) is 2.55. The number of nitrogens with one attached hydrogen (secondary N) is 2. The lowest BCUT2D eigenvalue weighted by Crippen LogP contribution is -2.53. The minimum Gasteiger partial charge on any atom is -0.354 e. The number of likely N-dealkylation sites (N-methyl/N-ethyl adjacent to an activating group) is 1. The average Bonchev–Trinajstić information content (AvgIpc) is 3.04. The van der Waals surface area contributed by atoms with Crippen LogP contribution in [0.5, 0.6) is 0 Å². The SMILES string of the molecule is CNC(C)(C)C(=O)NCC1CCCN(C2Cc3ccccc3C2)C1. The first-order valence-corrected chi connectivity index (χ1v) is 9.27. The van der Waals surface area contributed by atoms with Gasteiger partial charge in [0, 0.05) is 19.1 Å². The van der Waals surface area contributed by atoms with E-state index in [9.17, 15) is 4.79 Å². The van der Waals surface area contributed by atoms with Gasteiger partial charge < -0.3 is 10.6 Å². The first-order valence-electron chi connectivity index (χ1n) is 9.27. The predicted molar refractivity (Wildman–Crippen MR) is 98.1 cm³/mol. The molecule has 1 amide bonds. The van der Waals surface area contributed by atoms with Crippen molar-refractivity contribution in [2.75, 3.05) is 26.7 Å². The van der Waals surface area contributed by atoms with Crippen LogP contribution in [-0.2, 0) is 17.6 Å². The molecule has 4 nitrogen and oxygen atoms in total. The van der Waals surface area contributed by atoms with E-state index in [-0.39, 0.29) is 5.91 Å². The number of benzene rings is 1. The Kier molecular flexibility index (Phi) is 5.26. The van der Waals surface area contributed by atoms with Crippen LogP contribution in [0, 0.1) is 5.92 Å². The number of piperidine rings is 1. The summed E-state index contributed by atoms with van der Waals surface area (Å²) in [6.07, 6.45) is 4.82. The van der Waals surface area contributed by atoms with Crippen LogP contribution in [0.2, 0.25) is 0 Å². The van der Waals surface area contributed by atoms with Crippen LogP contribution in [0.1, 0.15) is 37.8 Å². The predicted octanol–water partition coefficient (Wildman–Crippen LogP) is 1.98. The minimum atomic E-state index is -0.499. The second kappa shape index (κ2) is 7.24. The van der Waals surface area contributed by atoms with E-state index in [1.54, 1.807) is 0 Å². The lowest BCUT2D eigenvalue weighted by Gasteiger charge is -2.37. The van der Waals surface area contributed by atoms with Gasteiger partial charge in [0.1, 0.15) is 0 Å². The summed E-state index contributed by atoms with van der Waals surface area (Å²) in [5.74, 6) is 0.662. The second-order valence-electron chi connectivity index (χ2n) is 7.92. The molecule has 1 aliphatic carbocycles. The highest BCUT2D eigenvalue weighted by Crippen LogP contribution is 2.28. The number of fused-ring (bicyclic) bond motifs is 1. The molecule has 1 aromatic carbocycles. The maximum absolute atomic E-state index is 12.2. The van der Waals surface area contributed by atoms with Gasteiger partial charge in [-0.1, -0.05) is 24.3 Å². The molecule has 1 fully saturated rings. The largest absolute Gasteiger partial charge is 0.354 e. The second-order valence-corrected chi connectivity index (χ2v) is 7.92. The van der Waals surface area contributed by atoms with Crippen molar-refractivity contribution >= 4 is 5.91 Å². The Balaban J connectivity index is 1.51. The molecule has 2 aliphatic rings. The highest BCUT2D eigenvalue weighted by Gasteiger charge is 2.31. The van der Waals surface area contributed by atoms with E-state index in [4.69, 9.17) is 0 Å². The van der Waals surface area contributed by atoms with Crippen LogP contribution in [0.4, 0.5) is 0 Å². The normalized spacial score (nSPS) is 22.4. The molecule has 132 valence electrons. The average molecular weight is 329 g/mol. The number of hydrogen-bond donors (Lipinski definition) is 2. The Labute approximate surface area is 146 Å². The van der Waals surface area contributed by atoms with Gasteiger partial charge in [-0.3, -0.25) is 9.69 Å². The third-order valence-corrected chi connectivity index (χ3v) is 5.84. The molecule has 0 saturated carbocycles. The van der Waals surface area contributed by atoms with Gasteiger partial charge in [0.25, 0.3) is 0 Å². The molecule has 1 saturated heterocycles. The number of carbonyl (C=O) groups is 1. The summed E-state index contributed by atoms with van der Waals surface area (Å²) in [6, 6.07) is 9.50. The molecule has 1 unspecified atom stereocenters. The van der Waals surface area contributed by atoms with E-state index in [0.717, 1.165) is 13.1 Å². The van der Waals surface area contributed by atoms with Gasteiger partial charge in [-0.05, 0) is 70.2 Å². The number of carbonyl (C=O) groups excluding carboxylic acids is 1. The van der Waals surface area contributed by atoms with Crippen molar-refractivity contribution in [3.63, 3.8) is 0 Å². The smallest absolute Gasteiger partial charge is 0.239 e. The van der Waals surface area contributed by atoms with E-state index in [0.29, 0.717) is 12.0 Å². The van der Waals surface area contributed by atoms with Crippen molar-refractivity contribution in [3.05, 3.63) is 35.4 Å². The molecular weight excluding hydrogens is 298 g/mol. The monoisotopic (exact) mass is 329 g/mol. The van der Waals surface area contributed by atoms with Crippen molar-refractivity contribution in [2.24, 2.45) is 5.92 Å². The van der Waals surface area contributed by atoms with Crippen molar-refractivity contribution in [1.29, 1.82) is 0 Å². The van der Waals surface area contributed by atoms with Crippen molar-refractivity contribution in [1.82, 2.24) is 15.5 Å². The van der Waals surface area contributed by atoms with Crippen molar-refractivity contribution in [3.8, 4) is 0 Å². The molecule has 1 aromatic rings.